The van der Waals surface area contributed by atoms with Gasteiger partial charge in [0, 0.05) is 18.5 Å². The zero-order valence-electron chi connectivity index (χ0n) is 17.8. The number of benzene rings is 2. The number of rotatable bonds is 6. The Balaban J connectivity index is 1.63. The molecule has 0 saturated carbocycles. The monoisotopic (exact) mass is 459 g/mol. The summed E-state index contributed by atoms with van der Waals surface area (Å²) in [6.45, 7) is 0. The van der Waals surface area contributed by atoms with E-state index in [-0.39, 0.29) is 17.4 Å². The predicted octanol–water partition coefficient (Wildman–Crippen LogP) is 2.64. The molecule has 2 heterocycles. The number of ether oxygens (including phenoxy) is 3. The fourth-order valence-corrected chi connectivity index (χ4v) is 6.60. The van der Waals surface area contributed by atoms with E-state index in [9.17, 15) is 18.0 Å². The van der Waals surface area contributed by atoms with Crippen molar-refractivity contribution in [2.75, 3.05) is 14.2 Å². The lowest BCUT2D eigenvalue weighted by Crippen LogP contribution is -2.56. The van der Waals surface area contributed by atoms with Gasteiger partial charge in [0.1, 0.15) is 17.8 Å². The molecule has 4 rings (SSSR count). The number of fused-ring (bicyclic) bond motifs is 2. The van der Waals surface area contributed by atoms with Crippen LogP contribution in [0, 0.1) is 5.92 Å². The van der Waals surface area contributed by atoms with E-state index in [4.69, 9.17) is 14.2 Å². The Morgan fingerprint density at radius 3 is 2.28 bits per heavy atom. The smallest absolute Gasteiger partial charge is 0.338 e. The van der Waals surface area contributed by atoms with Crippen molar-refractivity contribution in [2.45, 2.75) is 42.3 Å². The Hall–Kier alpha value is -2.91. The van der Waals surface area contributed by atoms with Gasteiger partial charge in [0.2, 0.25) is 10.0 Å². The molecular weight excluding hydrogens is 434 g/mol. The minimum absolute atomic E-state index is 0.124. The molecule has 2 aliphatic rings. The van der Waals surface area contributed by atoms with Crippen LogP contribution in [0.2, 0.25) is 0 Å². The molecule has 0 radical (unpaired) electrons. The Labute approximate surface area is 187 Å². The van der Waals surface area contributed by atoms with Gasteiger partial charge in [-0.15, -0.1) is 0 Å². The van der Waals surface area contributed by atoms with Gasteiger partial charge in [0.05, 0.1) is 24.7 Å². The van der Waals surface area contributed by atoms with Crippen LogP contribution in [-0.2, 0) is 24.3 Å². The van der Waals surface area contributed by atoms with Crippen LogP contribution >= 0.6 is 0 Å². The van der Waals surface area contributed by atoms with Gasteiger partial charge in [0.15, 0.2) is 0 Å². The van der Waals surface area contributed by atoms with Crippen molar-refractivity contribution in [1.29, 1.82) is 0 Å². The maximum Gasteiger partial charge on any atom is 0.338 e. The second-order valence-electron chi connectivity index (χ2n) is 7.90. The first kappa shape index (κ1) is 22.3. The van der Waals surface area contributed by atoms with E-state index in [0.29, 0.717) is 24.2 Å². The van der Waals surface area contributed by atoms with Gasteiger partial charge in [-0.3, -0.25) is 4.79 Å². The van der Waals surface area contributed by atoms with Crippen LogP contribution in [-0.4, -0.2) is 57.1 Å². The van der Waals surface area contributed by atoms with Crippen LogP contribution < -0.4 is 4.74 Å². The van der Waals surface area contributed by atoms with E-state index in [0.717, 1.165) is 0 Å². The Morgan fingerprint density at radius 2 is 1.66 bits per heavy atom. The van der Waals surface area contributed by atoms with E-state index < -0.39 is 40.0 Å². The van der Waals surface area contributed by atoms with Crippen molar-refractivity contribution in [3.05, 3.63) is 60.2 Å². The number of hydrogen-bond donors (Lipinski definition) is 0. The molecule has 170 valence electrons. The summed E-state index contributed by atoms with van der Waals surface area (Å²) in [4.78, 5) is 25.5. The summed E-state index contributed by atoms with van der Waals surface area (Å²) in [5.74, 6) is -1.49. The average Bonchev–Trinajstić information content (AvgIpc) is 3.15. The molecule has 0 unspecified atom stereocenters. The first-order chi connectivity index (χ1) is 15.4. The normalized spacial score (nSPS) is 25.2. The van der Waals surface area contributed by atoms with Crippen molar-refractivity contribution < 1.29 is 32.2 Å². The maximum absolute atomic E-state index is 13.5. The lowest BCUT2D eigenvalue weighted by Gasteiger charge is -2.41. The summed E-state index contributed by atoms with van der Waals surface area (Å²) >= 11 is 0. The minimum atomic E-state index is -3.87. The largest absolute Gasteiger partial charge is 0.497 e. The summed E-state index contributed by atoms with van der Waals surface area (Å²) in [5, 5.41) is 0. The van der Waals surface area contributed by atoms with Gasteiger partial charge in [-0.25, -0.2) is 13.2 Å². The van der Waals surface area contributed by atoms with E-state index >= 15 is 0 Å². The quantitative estimate of drug-likeness (QED) is 0.613. The summed E-state index contributed by atoms with van der Waals surface area (Å²) in [6.07, 6.45) is 0.520. The molecule has 32 heavy (non-hydrogen) atoms. The highest BCUT2D eigenvalue weighted by Crippen LogP contribution is 2.44. The van der Waals surface area contributed by atoms with Gasteiger partial charge in [-0.05, 0) is 49.2 Å². The zero-order valence-corrected chi connectivity index (χ0v) is 18.7. The van der Waals surface area contributed by atoms with Crippen molar-refractivity contribution in [1.82, 2.24) is 4.31 Å². The fraction of sp³-hybridized carbons (Fsp3) is 0.391. The molecule has 8 nitrogen and oxygen atoms in total. The van der Waals surface area contributed by atoms with E-state index in [1.54, 1.807) is 42.5 Å². The molecule has 9 heteroatoms. The number of piperidine rings is 1. The van der Waals surface area contributed by atoms with Crippen molar-refractivity contribution in [3.8, 4) is 5.75 Å². The number of hydrogen-bond acceptors (Lipinski definition) is 7. The highest BCUT2D eigenvalue weighted by atomic mass is 32.2. The number of methoxy groups -OCH3 is 2. The molecule has 4 atom stereocenters. The third-order valence-corrected chi connectivity index (χ3v) is 8.17. The molecule has 0 spiro atoms. The molecule has 2 aromatic rings. The molecule has 0 aliphatic carbocycles. The third-order valence-electron chi connectivity index (χ3n) is 6.18. The van der Waals surface area contributed by atoms with Gasteiger partial charge >= 0.3 is 11.9 Å². The summed E-state index contributed by atoms with van der Waals surface area (Å²) < 4.78 is 44.2. The fourth-order valence-electron chi connectivity index (χ4n) is 4.70. The number of esters is 2. The van der Waals surface area contributed by atoms with Gasteiger partial charge in [0.25, 0.3) is 0 Å². The van der Waals surface area contributed by atoms with Crippen molar-refractivity contribution >= 4 is 22.0 Å². The molecule has 2 saturated heterocycles. The first-order valence-corrected chi connectivity index (χ1v) is 11.8. The first-order valence-electron chi connectivity index (χ1n) is 10.4. The Morgan fingerprint density at radius 1 is 0.969 bits per heavy atom. The summed E-state index contributed by atoms with van der Waals surface area (Å²) in [5.41, 5.74) is 0.372. The molecule has 0 N–H and O–H groups in total. The van der Waals surface area contributed by atoms with Crippen LogP contribution in [0.3, 0.4) is 0 Å². The summed E-state index contributed by atoms with van der Waals surface area (Å²) in [6, 6.07) is 13.6. The number of carbonyl (C=O) groups excluding carboxylic acids is 2. The molecule has 2 fully saturated rings. The highest BCUT2D eigenvalue weighted by Gasteiger charge is 2.56. The van der Waals surface area contributed by atoms with Crippen molar-refractivity contribution in [3.63, 3.8) is 0 Å². The van der Waals surface area contributed by atoms with Crippen LogP contribution in [0.15, 0.2) is 59.5 Å². The van der Waals surface area contributed by atoms with E-state index in [2.05, 4.69) is 0 Å². The summed E-state index contributed by atoms with van der Waals surface area (Å²) in [7, 11) is -1.11. The van der Waals surface area contributed by atoms with E-state index in [1.165, 1.54) is 30.7 Å². The third kappa shape index (κ3) is 3.98. The Kier molecular flexibility index (Phi) is 6.21. The molecule has 2 bridgehead atoms. The predicted molar refractivity (Wildman–Crippen MR) is 115 cm³/mol. The number of nitrogens with zero attached hydrogens (tertiary/aromatic N) is 1. The standard InChI is InChI=1S/C23H25NO7S/c1-29-17-9-11-18(12-10-17)32(27,28)24-16-8-13-19(24)21(23(26)30-2)20(14-16)31-22(25)15-6-4-3-5-7-15/h3-7,9-12,16,19-21H,8,13-14H2,1-2H3/t16-,19+,20-,21+/m0/s1. The topological polar surface area (TPSA) is 99.2 Å². The molecular formula is C23H25NO7S. The van der Waals surface area contributed by atoms with Crippen LogP contribution in [0.4, 0.5) is 0 Å². The van der Waals surface area contributed by atoms with Crippen LogP contribution in [0.1, 0.15) is 29.6 Å². The van der Waals surface area contributed by atoms with Gasteiger partial charge in [-0.2, -0.15) is 4.31 Å². The van der Waals surface area contributed by atoms with Gasteiger partial charge < -0.3 is 14.2 Å². The van der Waals surface area contributed by atoms with Gasteiger partial charge in [-0.1, -0.05) is 18.2 Å². The lowest BCUT2D eigenvalue weighted by atomic mass is 9.89. The lowest BCUT2D eigenvalue weighted by molar-refractivity contribution is -0.154. The molecule has 2 aliphatic heterocycles. The molecule has 0 aromatic heterocycles. The minimum Gasteiger partial charge on any atom is -0.497 e. The SMILES string of the molecule is COC(=O)[C@H]1[C@@H](OC(=O)c2ccccc2)C[C@@H]2CC[C@H]1N2S(=O)(=O)c1ccc(OC)cc1. The van der Waals surface area contributed by atoms with Crippen LogP contribution in [0.25, 0.3) is 0 Å². The number of sulfonamides is 1. The number of carbonyl (C=O) groups is 2. The van der Waals surface area contributed by atoms with Crippen LogP contribution in [0.5, 0.6) is 5.75 Å². The van der Waals surface area contributed by atoms with Crippen molar-refractivity contribution in [2.24, 2.45) is 5.92 Å². The zero-order chi connectivity index (χ0) is 22.9. The van der Waals surface area contributed by atoms with E-state index in [1.807, 2.05) is 0 Å². The molecule has 0 amide bonds. The second kappa shape index (κ2) is 8.91. The highest BCUT2D eigenvalue weighted by molar-refractivity contribution is 7.89. The Bertz CT molecular complexity index is 1090. The maximum atomic E-state index is 13.5. The second-order valence-corrected chi connectivity index (χ2v) is 9.75. The molecule has 2 aromatic carbocycles. The average molecular weight is 460 g/mol.